The molecule has 4 rings (SSSR count). The number of amides is 2. The van der Waals surface area contributed by atoms with E-state index in [9.17, 15) is 9.59 Å². The lowest BCUT2D eigenvalue weighted by Gasteiger charge is -2.38. The second-order valence-corrected chi connectivity index (χ2v) is 9.01. The molecule has 9 heteroatoms. The molecule has 0 bridgehead atoms. The second-order valence-electron chi connectivity index (χ2n) is 8.06. The molecule has 0 saturated carbocycles. The summed E-state index contributed by atoms with van der Waals surface area (Å²) in [5.74, 6) is 1.59. The lowest BCUT2D eigenvalue weighted by atomic mass is 9.96. The van der Waals surface area contributed by atoms with Crippen LogP contribution in [0.15, 0.2) is 22.0 Å². The van der Waals surface area contributed by atoms with E-state index in [0.717, 1.165) is 69.8 Å². The minimum absolute atomic E-state index is 0.0377. The Labute approximate surface area is 180 Å². The smallest absolute Gasteiger partial charge is 0.227 e. The van der Waals surface area contributed by atoms with Crippen LogP contribution in [0.2, 0.25) is 0 Å². The number of nitrogens with zero attached hydrogens (tertiary/aromatic N) is 5. The van der Waals surface area contributed by atoms with Gasteiger partial charge >= 0.3 is 0 Å². The minimum atomic E-state index is -0.0377. The lowest BCUT2D eigenvalue weighted by molar-refractivity contribution is -0.141. The van der Waals surface area contributed by atoms with E-state index in [1.165, 1.54) is 0 Å². The van der Waals surface area contributed by atoms with Crippen molar-refractivity contribution in [3.63, 3.8) is 0 Å². The fourth-order valence-corrected chi connectivity index (χ4v) is 4.88. The molecule has 1 unspecified atom stereocenters. The molecule has 0 aromatic carbocycles. The molecule has 2 amide bonds. The molecule has 2 saturated heterocycles. The van der Waals surface area contributed by atoms with Gasteiger partial charge in [0.05, 0.1) is 10.8 Å². The SMILES string of the molecule is CC(=O)N1CCCC(C(=O)N2CCN(CCCc3nc(-c4cccs4)no3)CC2)C1. The number of aromatic nitrogens is 2. The number of hydrogen-bond acceptors (Lipinski definition) is 7. The van der Waals surface area contributed by atoms with Gasteiger partial charge in [-0.25, -0.2) is 0 Å². The number of thiophene rings is 1. The van der Waals surface area contributed by atoms with Crippen molar-refractivity contribution < 1.29 is 14.1 Å². The molecule has 2 aliphatic rings. The third kappa shape index (κ3) is 5.07. The van der Waals surface area contributed by atoms with Crippen molar-refractivity contribution in [3.05, 3.63) is 23.4 Å². The molecule has 8 nitrogen and oxygen atoms in total. The molecule has 0 aliphatic carbocycles. The van der Waals surface area contributed by atoms with E-state index in [1.54, 1.807) is 18.3 Å². The van der Waals surface area contributed by atoms with E-state index in [1.807, 2.05) is 27.3 Å². The Kier molecular flexibility index (Phi) is 6.79. The first-order chi connectivity index (χ1) is 14.6. The zero-order chi connectivity index (χ0) is 20.9. The van der Waals surface area contributed by atoms with Crippen LogP contribution in [0, 0.1) is 5.92 Å². The Hall–Kier alpha value is -2.26. The third-order valence-electron chi connectivity index (χ3n) is 5.97. The predicted molar refractivity (Wildman–Crippen MR) is 114 cm³/mol. The van der Waals surface area contributed by atoms with Crippen molar-refractivity contribution in [2.75, 3.05) is 45.8 Å². The Morgan fingerprint density at radius 1 is 1.20 bits per heavy atom. The van der Waals surface area contributed by atoms with Crippen LogP contribution >= 0.6 is 11.3 Å². The molecule has 2 aliphatic heterocycles. The van der Waals surface area contributed by atoms with Gasteiger partial charge in [-0.05, 0) is 37.3 Å². The molecule has 30 heavy (non-hydrogen) atoms. The maximum Gasteiger partial charge on any atom is 0.227 e. The first kappa shape index (κ1) is 21.0. The zero-order valence-corrected chi connectivity index (χ0v) is 18.3. The average molecular weight is 432 g/mol. The highest BCUT2D eigenvalue weighted by Gasteiger charge is 2.31. The first-order valence-corrected chi connectivity index (χ1v) is 11.6. The Morgan fingerprint density at radius 3 is 2.77 bits per heavy atom. The van der Waals surface area contributed by atoms with Gasteiger partial charge in [0.15, 0.2) is 0 Å². The monoisotopic (exact) mass is 431 g/mol. The number of piperidine rings is 1. The van der Waals surface area contributed by atoms with Crippen molar-refractivity contribution in [3.8, 4) is 10.7 Å². The van der Waals surface area contributed by atoms with Crippen LogP contribution in [0.1, 0.15) is 32.1 Å². The summed E-state index contributed by atoms with van der Waals surface area (Å²) in [6, 6.07) is 3.97. The van der Waals surface area contributed by atoms with Crippen LogP contribution in [0.3, 0.4) is 0 Å². The van der Waals surface area contributed by atoms with Crippen LogP contribution in [0.5, 0.6) is 0 Å². The molecule has 162 valence electrons. The van der Waals surface area contributed by atoms with Crippen LogP contribution in [0.4, 0.5) is 0 Å². The highest BCUT2D eigenvalue weighted by Crippen LogP contribution is 2.22. The summed E-state index contributed by atoms with van der Waals surface area (Å²) in [6.45, 7) is 7.20. The number of hydrogen-bond donors (Lipinski definition) is 0. The number of carbonyl (C=O) groups excluding carboxylic acids is 2. The molecule has 0 radical (unpaired) electrons. The molecule has 1 atom stereocenters. The summed E-state index contributed by atoms with van der Waals surface area (Å²) in [6.07, 6.45) is 3.52. The lowest BCUT2D eigenvalue weighted by Crippen LogP contribution is -2.53. The van der Waals surface area contributed by atoms with Gasteiger partial charge in [0.2, 0.25) is 23.5 Å². The van der Waals surface area contributed by atoms with E-state index in [0.29, 0.717) is 18.3 Å². The molecule has 2 aromatic rings. The van der Waals surface area contributed by atoms with Gasteiger partial charge in [-0.3, -0.25) is 14.5 Å². The van der Waals surface area contributed by atoms with Crippen molar-refractivity contribution in [2.45, 2.75) is 32.6 Å². The largest absolute Gasteiger partial charge is 0.342 e. The Balaban J connectivity index is 1.18. The highest BCUT2D eigenvalue weighted by molar-refractivity contribution is 7.13. The van der Waals surface area contributed by atoms with E-state index >= 15 is 0 Å². The quantitative estimate of drug-likeness (QED) is 0.697. The molecular formula is C21H29N5O3S. The maximum absolute atomic E-state index is 12.9. The molecular weight excluding hydrogens is 402 g/mol. The van der Waals surface area contributed by atoms with Crippen LogP contribution in [0.25, 0.3) is 10.7 Å². The first-order valence-electron chi connectivity index (χ1n) is 10.7. The summed E-state index contributed by atoms with van der Waals surface area (Å²) in [4.78, 5) is 36.2. The summed E-state index contributed by atoms with van der Waals surface area (Å²) in [5.41, 5.74) is 0. The van der Waals surface area contributed by atoms with E-state index in [4.69, 9.17) is 4.52 Å². The summed E-state index contributed by atoms with van der Waals surface area (Å²) < 4.78 is 5.37. The van der Waals surface area contributed by atoms with Gasteiger partial charge in [-0.2, -0.15) is 4.98 Å². The van der Waals surface area contributed by atoms with Crippen molar-refractivity contribution in [1.82, 2.24) is 24.8 Å². The third-order valence-corrected chi connectivity index (χ3v) is 6.84. The standard InChI is InChI=1S/C21H29N5O3S/c1-16(27)26-9-2-5-17(15-26)21(28)25-12-10-24(11-13-25)8-3-7-19-22-20(23-29-19)18-6-4-14-30-18/h4,6,14,17H,2-3,5,7-13,15H2,1H3. The van der Waals surface area contributed by atoms with E-state index in [2.05, 4.69) is 15.0 Å². The number of piperazine rings is 1. The number of rotatable bonds is 6. The Morgan fingerprint density at radius 2 is 2.03 bits per heavy atom. The van der Waals surface area contributed by atoms with E-state index < -0.39 is 0 Å². The molecule has 2 aromatic heterocycles. The van der Waals surface area contributed by atoms with Gasteiger partial charge < -0.3 is 14.3 Å². The number of carbonyl (C=O) groups is 2. The van der Waals surface area contributed by atoms with Crippen molar-refractivity contribution in [1.29, 1.82) is 0 Å². The second kappa shape index (κ2) is 9.70. The van der Waals surface area contributed by atoms with Gasteiger partial charge in [0.1, 0.15) is 0 Å². The molecule has 0 spiro atoms. The summed E-state index contributed by atoms with van der Waals surface area (Å²) >= 11 is 1.61. The highest BCUT2D eigenvalue weighted by atomic mass is 32.1. The normalized spacial score (nSPS) is 20.5. The summed E-state index contributed by atoms with van der Waals surface area (Å²) in [7, 11) is 0. The summed E-state index contributed by atoms with van der Waals surface area (Å²) in [5, 5.41) is 6.06. The van der Waals surface area contributed by atoms with E-state index in [-0.39, 0.29) is 17.7 Å². The fourth-order valence-electron chi connectivity index (χ4n) is 4.23. The van der Waals surface area contributed by atoms with Crippen molar-refractivity contribution >= 4 is 23.2 Å². The van der Waals surface area contributed by atoms with Gasteiger partial charge in [-0.15, -0.1) is 11.3 Å². The minimum Gasteiger partial charge on any atom is -0.342 e. The van der Waals surface area contributed by atoms with Crippen LogP contribution in [-0.4, -0.2) is 82.5 Å². The van der Waals surface area contributed by atoms with Crippen molar-refractivity contribution in [2.24, 2.45) is 5.92 Å². The zero-order valence-electron chi connectivity index (χ0n) is 17.5. The topological polar surface area (TPSA) is 82.8 Å². The molecule has 2 fully saturated rings. The average Bonchev–Trinajstić information content (AvgIpc) is 3.46. The number of aryl methyl sites for hydroxylation is 1. The van der Waals surface area contributed by atoms with Gasteiger partial charge in [-0.1, -0.05) is 11.2 Å². The van der Waals surface area contributed by atoms with Crippen LogP contribution in [-0.2, 0) is 16.0 Å². The fraction of sp³-hybridized carbons (Fsp3) is 0.619. The number of likely N-dealkylation sites (tertiary alicyclic amines) is 1. The van der Waals surface area contributed by atoms with Gasteiger partial charge in [0, 0.05) is 52.6 Å². The van der Waals surface area contributed by atoms with Gasteiger partial charge in [0.25, 0.3) is 0 Å². The molecule has 4 heterocycles. The van der Waals surface area contributed by atoms with Crippen LogP contribution < -0.4 is 0 Å². The maximum atomic E-state index is 12.9. The Bertz CT molecular complexity index is 845. The predicted octanol–water partition coefficient (Wildman–Crippen LogP) is 2.13. The molecule has 0 N–H and O–H groups in total.